The van der Waals surface area contributed by atoms with Gasteiger partial charge in [-0.15, -0.1) is 0 Å². The average molecular weight is 472 g/mol. The summed E-state index contributed by atoms with van der Waals surface area (Å²) in [6, 6.07) is 0. The van der Waals surface area contributed by atoms with Gasteiger partial charge in [0.2, 0.25) is 5.76 Å². The average Bonchev–Trinajstić information content (AvgIpc) is 2.62. The van der Waals surface area contributed by atoms with Crippen molar-refractivity contribution in [2.45, 2.75) is 42.2 Å². The summed E-state index contributed by atoms with van der Waals surface area (Å²) in [5, 5.41) is 0. The highest BCUT2D eigenvalue weighted by atomic mass is 19.4. The molecule has 0 amide bonds. The fourth-order valence-corrected chi connectivity index (χ4v) is 2.32. The summed E-state index contributed by atoms with van der Waals surface area (Å²) in [6.45, 7) is -4.24. The van der Waals surface area contributed by atoms with Gasteiger partial charge in [-0.2, -0.15) is 65.9 Å². The maximum atomic E-state index is 14.2. The van der Waals surface area contributed by atoms with Crippen molar-refractivity contribution >= 4 is 0 Å². The van der Waals surface area contributed by atoms with Gasteiger partial charge in [0.1, 0.15) is 6.61 Å². The highest BCUT2D eigenvalue weighted by Crippen LogP contribution is 2.63. The Kier molecular flexibility index (Phi) is 5.87. The highest BCUT2D eigenvalue weighted by Gasteiger charge is 2.88. The van der Waals surface area contributed by atoms with E-state index in [1.54, 1.807) is 0 Å². The normalized spacial score (nSPS) is 20.4. The molecule has 1 heterocycles. The molecule has 0 spiro atoms. The zero-order valence-corrected chi connectivity index (χ0v) is 12.8. The van der Waals surface area contributed by atoms with Gasteiger partial charge in [0.25, 0.3) is 5.60 Å². The molecule has 0 fully saturated rings. The molecule has 29 heavy (non-hydrogen) atoms. The van der Waals surface area contributed by atoms with Crippen LogP contribution < -0.4 is 0 Å². The van der Waals surface area contributed by atoms with Crippen LogP contribution in [0.1, 0.15) is 0 Å². The summed E-state index contributed by atoms with van der Waals surface area (Å²) in [4.78, 5) is 0. The summed E-state index contributed by atoms with van der Waals surface area (Å²) in [5.74, 6) is -4.12. The lowest BCUT2D eigenvalue weighted by molar-refractivity contribution is -0.388. The Morgan fingerprint density at radius 2 is 0.966 bits per heavy atom. The van der Waals surface area contributed by atoms with Crippen molar-refractivity contribution in [3.05, 3.63) is 11.3 Å². The van der Waals surface area contributed by atoms with E-state index in [0.29, 0.717) is 0 Å². The molecule has 2 nitrogen and oxygen atoms in total. The van der Waals surface area contributed by atoms with Crippen LogP contribution in [0.4, 0.5) is 70.2 Å². The van der Waals surface area contributed by atoms with Gasteiger partial charge in [-0.25, -0.2) is 4.39 Å². The molecule has 18 heteroatoms. The van der Waals surface area contributed by atoms with Gasteiger partial charge in [-0.05, 0) is 0 Å². The predicted molar refractivity (Wildman–Crippen MR) is 55.8 cm³/mol. The number of rotatable bonds is 1. The van der Waals surface area contributed by atoms with E-state index in [1.807, 2.05) is 0 Å². The van der Waals surface area contributed by atoms with E-state index in [2.05, 4.69) is 9.47 Å². The summed E-state index contributed by atoms with van der Waals surface area (Å²) in [7, 11) is 0. The minimum atomic E-state index is -7.82. The quantitative estimate of drug-likeness (QED) is 0.467. The summed E-state index contributed by atoms with van der Waals surface area (Å²) in [5.41, 5.74) is -19.7. The molecule has 0 aliphatic carbocycles. The smallest absolute Gasteiger partial charge is 0.449 e. The monoisotopic (exact) mass is 472 g/mol. The maximum absolute atomic E-state index is 14.2. The molecule has 0 radical (unpaired) electrons. The minimum Gasteiger partial charge on any atom is -0.486 e. The summed E-state index contributed by atoms with van der Waals surface area (Å²) in [6.07, 6.45) is -37.4. The molecule has 1 aliphatic heterocycles. The molecule has 0 N–H and O–H groups in total. The van der Waals surface area contributed by atoms with E-state index in [4.69, 9.17) is 0 Å². The molecule has 0 saturated heterocycles. The fraction of sp³-hybridized carbons (Fsp3) is 0.818. The van der Waals surface area contributed by atoms with E-state index in [9.17, 15) is 70.2 Å². The standard InChI is InChI=1S/C11H4F16O2/c12-5(8(16,17)18,9(19,20)21)3-4(7(13,14)15)28-1-2-29-6(3,10(22,23)24)11(25,26)27/h1-2H2. The van der Waals surface area contributed by atoms with Crippen LogP contribution in [-0.4, -0.2) is 55.4 Å². The molecule has 1 rings (SSSR count). The Labute approximate surface area is 148 Å². The Morgan fingerprint density at radius 3 is 1.24 bits per heavy atom. The first kappa shape index (κ1) is 25.4. The predicted octanol–water partition coefficient (Wildman–Crippen LogP) is 5.55. The molecule has 0 bridgehead atoms. The zero-order chi connectivity index (χ0) is 23.5. The van der Waals surface area contributed by atoms with Crippen LogP contribution in [0.3, 0.4) is 0 Å². The largest absolute Gasteiger partial charge is 0.486 e. The van der Waals surface area contributed by atoms with Gasteiger partial charge < -0.3 is 9.47 Å². The first-order valence-corrected chi connectivity index (χ1v) is 6.51. The van der Waals surface area contributed by atoms with Gasteiger partial charge >= 0.3 is 36.6 Å². The SMILES string of the molecule is FC(F)(F)C1=C(C(F)(C(F)(F)F)C(F)(F)F)C(C(F)(F)F)(C(F)(F)F)OCCO1. The number of allylic oxidation sites excluding steroid dienone is 1. The number of alkyl halides is 16. The van der Waals surface area contributed by atoms with Crippen molar-refractivity contribution in [3.63, 3.8) is 0 Å². The maximum Gasteiger partial charge on any atom is 0.449 e. The first-order valence-electron chi connectivity index (χ1n) is 6.51. The zero-order valence-electron chi connectivity index (χ0n) is 12.8. The molecule has 0 aromatic rings. The molecule has 1 aliphatic rings. The molecular weight excluding hydrogens is 468 g/mol. The van der Waals surface area contributed by atoms with Crippen LogP contribution >= 0.6 is 0 Å². The van der Waals surface area contributed by atoms with Gasteiger partial charge in [-0.3, -0.25) is 0 Å². The molecule has 0 atom stereocenters. The van der Waals surface area contributed by atoms with Gasteiger partial charge in [0.15, 0.2) is 0 Å². The van der Waals surface area contributed by atoms with Crippen LogP contribution in [0.15, 0.2) is 11.3 Å². The number of ether oxygens (including phenoxy) is 2. The molecular formula is C11H4F16O2. The van der Waals surface area contributed by atoms with Crippen LogP contribution in [0, 0.1) is 0 Å². The third-order valence-corrected chi connectivity index (χ3v) is 3.41. The topological polar surface area (TPSA) is 18.5 Å². The lowest BCUT2D eigenvalue weighted by Crippen LogP contribution is -2.69. The molecule has 0 aromatic heterocycles. The van der Waals surface area contributed by atoms with Crippen LogP contribution in [0.25, 0.3) is 0 Å². The highest BCUT2D eigenvalue weighted by molar-refractivity contribution is 5.41. The van der Waals surface area contributed by atoms with Crippen molar-refractivity contribution in [3.8, 4) is 0 Å². The van der Waals surface area contributed by atoms with E-state index >= 15 is 0 Å². The lowest BCUT2D eigenvalue weighted by atomic mass is 9.78. The van der Waals surface area contributed by atoms with Crippen molar-refractivity contribution in [1.29, 1.82) is 0 Å². The van der Waals surface area contributed by atoms with Gasteiger partial charge in [-0.1, -0.05) is 0 Å². The second-order valence-corrected chi connectivity index (χ2v) is 5.23. The second-order valence-electron chi connectivity index (χ2n) is 5.23. The number of halogens is 16. The van der Waals surface area contributed by atoms with Crippen LogP contribution in [0.2, 0.25) is 0 Å². The Hall–Kier alpha value is -1.62. The van der Waals surface area contributed by atoms with Gasteiger partial charge in [0, 0.05) is 0 Å². The third-order valence-electron chi connectivity index (χ3n) is 3.41. The molecule has 0 unspecified atom stereocenters. The molecule has 172 valence electrons. The number of hydrogen-bond acceptors (Lipinski definition) is 2. The van der Waals surface area contributed by atoms with Crippen LogP contribution in [0.5, 0.6) is 0 Å². The van der Waals surface area contributed by atoms with E-state index in [0.717, 1.165) is 0 Å². The van der Waals surface area contributed by atoms with E-state index < -0.39 is 66.7 Å². The van der Waals surface area contributed by atoms with Crippen molar-refractivity contribution in [2.24, 2.45) is 0 Å². The summed E-state index contributed by atoms with van der Waals surface area (Å²) < 4.78 is 216. The van der Waals surface area contributed by atoms with Crippen molar-refractivity contribution in [1.82, 2.24) is 0 Å². The minimum absolute atomic E-state index is 2.02. The van der Waals surface area contributed by atoms with Gasteiger partial charge in [0.05, 0.1) is 12.2 Å². The molecule has 0 saturated carbocycles. The van der Waals surface area contributed by atoms with Crippen LogP contribution in [-0.2, 0) is 9.47 Å². The Bertz CT molecular complexity index is 614. The van der Waals surface area contributed by atoms with Crippen molar-refractivity contribution < 1.29 is 79.7 Å². The Morgan fingerprint density at radius 1 is 0.586 bits per heavy atom. The van der Waals surface area contributed by atoms with Crippen molar-refractivity contribution in [2.75, 3.05) is 13.2 Å². The third kappa shape index (κ3) is 3.78. The van der Waals surface area contributed by atoms with E-state index in [1.165, 1.54) is 0 Å². The lowest BCUT2D eigenvalue weighted by Gasteiger charge is -2.43. The fourth-order valence-electron chi connectivity index (χ4n) is 2.32. The summed E-state index contributed by atoms with van der Waals surface area (Å²) >= 11 is 0. The second kappa shape index (κ2) is 6.69. The van der Waals surface area contributed by atoms with E-state index in [-0.39, 0.29) is 0 Å². The Balaban J connectivity index is 4.42. The first-order chi connectivity index (χ1) is 12.5. The molecule has 0 aromatic carbocycles. The number of hydrogen-bond donors (Lipinski definition) is 0.